The first-order chi connectivity index (χ1) is 13.0. The lowest BCUT2D eigenvalue weighted by Crippen LogP contribution is -2.04. The quantitative estimate of drug-likeness (QED) is 0.582. The van der Waals surface area contributed by atoms with Crippen LogP contribution in [0.25, 0.3) is 17.2 Å². The molecule has 0 aliphatic heterocycles. The fourth-order valence-electron chi connectivity index (χ4n) is 2.96. The van der Waals surface area contributed by atoms with Gasteiger partial charge in [0.1, 0.15) is 11.6 Å². The smallest absolute Gasteiger partial charge is 0.254 e. The predicted octanol–water partition coefficient (Wildman–Crippen LogP) is 4.47. The van der Waals surface area contributed by atoms with Crippen LogP contribution in [0.2, 0.25) is 0 Å². The summed E-state index contributed by atoms with van der Waals surface area (Å²) in [4.78, 5) is 9.12. The molecule has 0 spiro atoms. The van der Waals surface area contributed by atoms with Gasteiger partial charge in [0.2, 0.25) is 0 Å². The molecule has 0 amide bonds. The Balaban J connectivity index is 1.79. The van der Waals surface area contributed by atoms with Crippen molar-refractivity contribution in [3.63, 3.8) is 0 Å². The third-order valence-corrected chi connectivity index (χ3v) is 4.66. The minimum absolute atomic E-state index is 0.564. The number of nitrogens with one attached hydrogen (secondary N) is 1. The molecule has 0 saturated carbocycles. The van der Waals surface area contributed by atoms with Gasteiger partial charge in [-0.3, -0.25) is 0 Å². The van der Waals surface area contributed by atoms with Crippen LogP contribution < -0.4 is 10.1 Å². The second-order valence-corrected chi connectivity index (χ2v) is 6.53. The van der Waals surface area contributed by atoms with Crippen molar-refractivity contribution >= 4 is 17.3 Å². The van der Waals surface area contributed by atoms with Crippen molar-refractivity contribution in [3.8, 4) is 17.1 Å². The van der Waals surface area contributed by atoms with Crippen molar-refractivity contribution in [2.24, 2.45) is 0 Å². The SMILES string of the molecule is COc1ccc(-c2nc3nc(C)cc(Nc4cccc(C)c4C)n3n2)cc1. The van der Waals surface area contributed by atoms with Crippen LogP contribution in [0.3, 0.4) is 0 Å². The number of aromatic nitrogens is 4. The second kappa shape index (κ2) is 6.72. The number of benzene rings is 2. The first-order valence-electron chi connectivity index (χ1n) is 8.77. The number of nitrogens with zero attached hydrogens (tertiary/aromatic N) is 4. The number of aryl methyl sites for hydroxylation is 2. The average molecular weight is 359 g/mol. The summed E-state index contributed by atoms with van der Waals surface area (Å²) >= 11 is 0. The molecule has 136 valence electrons. The van der Waals surface area contributed by atoms with E-state index in [9.17, 15) is 0 Å². The van der Waals surface area contributed by atoms with Gasteiger partial charge in [0.15, 0.2) is 5.82 Å². The van der Waals surface area contributed by atoms with E-state index in [4.69, 9.17) is 4.74 Å². The Bertz CT molecular complexity index is 1120. The van der Waals surface area contributed by atoms with Crippen LogP contribution in [-0.2, 0) is 0 Å². The summed E-state index contributed by atoms with van der Waals surface area (Å²) in [5, 5.41) is 8.15. The highest BCUT2D eigenvalue weighted by molar-refractivity contribution is 5.65. The Morgan fingerprint density at radius 2 is 1.74 bits per heavy atom. The second-order valence-electron chi connectivity index (χ2n) is 6.53. The number of ether oxygens (including phenoxy) is 1. The standard InChI is InChI=1S/C21H21N5O/c1-13-6-5-7-18(15(13)3)23-19-12-14(2)22-21-24-20(25-26(19)21)16-8-10-17(27-4)11-9-16/h5-12,23H,1-4H3. The molecule has 0 aliphatic carbocycles. The van der Waals surface area contributed by atoms with Gasteiger partial charge in [-0.1, -0.05) is 12.1 Å². The minimum atomic E-state index is 0.564. The van der Waals surface area contributed by atoms with Crippen molar-refractivity contribution in [2.45, 2.75) is 20.8 Å². The maximum Gasteiger partial charge on any atom is 0.254 e. The first kappa shape index (κ1) is 17.0. The number of methoxy groups -OCH3 is 1. The molecule has 0 aliphatic rings. The van der Waals surface area contributed by atoms with Gasteiger partial charge >= 0.3 is 0 Å². The summed E-state index contributed by atoms with van der Waals surface area (Å²) in [6.07, 6.45) is 0. The van der Waals surface area contributed by atoms with E-state index < -0.39 is 0 Å². The van der Waals surface area contributed by atoms with Gasteiger partial charge in [0.05, 0.1) is 7.11 Å². The van der Waals surface area contributed by atoms with Gasteiger partial charge in [0.25, 0.3) is 5.78 Å². The molecule has 0 fully saturated rings. The number of hydrogen-bond donors (Lipinski definition) is 1. The predicted molar refractivity (Wildman–Crippen MR) is 107 cm³/mol. The van der Waals surface area contributed by atoms with E-state index in [0.29, 0.717) is 11.6 Å². The molecular formula is C21H21N5O. The van der Waals surface area contributed by atoms with Crippen LogP contribution in [0.4, 0.5) is 11.5 Å². The molecule has 2 heterocycles. The van der Waals surface area contributed by atoms with Gasteiger partial charge in [-0.2, -0.15) is 9.50 Å². The van der Waals surface area contributed by atoms with E-state index in [0.717, 1.165) is 28.5 Å². The van der Waals surface area contributed by atoms with Crippen molar-refractivity contribution in [3.05, 3.63) is 65.4 Å². The lowest BCUT2D eigenvalue weighted by molar-refractivity contribution is 0.415. The van der Waals surface area contributed by atoms with Crippen molar-refractivity contribution < 1.29 is 4.74 Å². The average Bonchev–Trinajstić information content (AvgIpc) is 3.09. The minimum Gasteiger partial charge on any atom is -0.497 e. The molecule has 6 nitrogen and oxygen atoms in total. The zero-order valence-electron chi connectivity index (χ0n) is 15.8. The van der Waals surface area contributed by atoms with Crippen LogP contribution >= 0.6 is 0 Å². The van der Waals surface area contributed by atoms with Crippen molar-refractivity contribution in [2.75, 3.05) is 12.4 Å². The Morgan fingerprint density at radius 1 is 0.963 bits per heavy atom. The molecule has 4 aromatic rings. The highest BCUT2D eigenvalue weighted by atomic mass is 16.5. The van der Waals surface area contributed by atoms with Crippen LogP contribution in [0.5, 0.6) is 5.75 Å². The Morgan fingerprint density at radius 3 is 2.48 bits per heavy atom. The largest absolute Gasteiger partial charge is 0.497 e. The van der Waals surface area contributed by atoms with Crippen molar-refractivity contribution in [1.82, 2.24) is 19.6 Å². The van der Waals surface area contributed by atoms with Gasteiger partial charge in [0, 0.05) is 23.0 Å². The van der Waals surface area contributed by atoms with Crippen molar-refractivity contribution in [1.29, 1.82) is 0 Å². The number of fused-ring (bicyclic) bond motifs is 1. The summed E-state index contributed by atoms with van der Waals surface area (Å²) in [6, 6.07) is 15.9. The number of hydrogen-bond acceptors (Lipinski definition) is 5. The Hall–Kier alpha value is -3.41. The number of rotatable bonds is 4. The molecule has 0 unspecified atom stereocenters. The molecule has 1 N–H and O–H groups in total. The molecular weight excluding hydrogens is 338 g/mol. The topological polar surface area (TPSA) is 64.3 Å². The lowest BCUT2D eigenvalue weighted by atomic mass is 10.1. The highest BCUT2D eigenvalue weighted by Crippen LogP contribution is 2.25. The maximum absolute atomic E-state index is 5.22. The molecule has 2 aromatic carbocycles. The van der Waals surface area contributed by atoms with Gasteiger partial charge in [-0.05, 0) is 62.2 Å². The highest BCUT2D eigenvalue weighted by Gasteiger charge is 2.13. The third-order valence-electron chi connectivity index (χ3n) is 4.66. The Labute approximate surface area is 157 Å². The third kappa shape index (κ3) is 3.21. The van der Waals surface area contributed by atoms with E-state index in [1.807, 2.05) is 43.3 Å². The molecule has 4 rings (SSSR count). The molecule has 0 bridgehead atoms. The fourth-order valence-corrected chi connectivity index (χ4v) is 2.96. The van der Waals surface area contributed by atoms with E-state index >= 15 is 0 Å². The first-order valence-corrected chi connectivity index (χ1v) is 8.77. The monoisotopic (exact) mass is 359 g/mol. The van der Waals surface area contributed by atoms with E-state index in [-0.39, 0.29) is 0 Å². The molecule has 0 radical (unpaired) electrons. The Kier molecular flexibility index (Phi) is 4.24. The molecule has 0 saturated heterocycles. The summed E-state index contributed by atoms with van der Waals surface area (Å²) in [5.41, 5.74) is 5.28. The van der Waals surface area contributed by atoms with Gasteiger partial charge < -0.3 is 10.1 Å². The molecule has 6 heteroatoms. The summed E-state index contributed by atoms with van der Waals surface area (Å²) in [7, 11) is 1.65. The summed E-state index contributed by atoms with van der Waals surface area (Å²) in [6.45, 7) is 6.16. The van der Waals surface area contributed by atoms with Crippen LogP contribution in [0.1, 0.15) is 16.8 Å². The number of anilines is 2. The molecule has 2 aromatic heterocycles. The van der Waals surface area contributed by atoms with Gasteiger partial charge in [-0.15, -0.1) is 5.10 Å². The van der Waals surface area contributed by atoms with Gasteiger partial charge in [-0.25, -0.2) is 4.98 Å². The van der Waals surface area contributed by atoms with E-state index in [2.05, 4.69) is 46.4 Å². The normalized spacial score (nSPS) is 11.0. The van der Waals surface area contributed by atoms with Crippen LogP contribution in [0.15, 0.2) is 48.5 Å². The zero-order chi connectivity index (χ0) is 19.0. The molecule has 0 atom stereocenters. The summed E-state index contributed by atoms with van der Waals surface area (Å²) in [5.74, 6) is 2.82. The zero-order valence-corrected chi connectivity index (χ0v) is 15.8. The van der Waals surface area contributed by atoms with Crippen LogP contribution in [-0.4, -0.2) is 26.7 Å². The maximum atomic E-state index is 5.22. The fraction of sp³-hybridized carbons (Fsp3) is 0.190. The lowest BCUT2D eigenvalue weighted by Gasteiger charge is -2.12. The van der Waals surface area contributed by atoms with Crippen LogP contribution in [0, 0.1) is 20.8 Å². The van der Waals surface area contributed by atoms with E-state index in [1.54, 1.807) is 11.6 Å². The van der Waals surface area contributed by atoms with E-state index in [1.165, 1.54) is 11.1 Å². The molecule has 27 heavy (non-hydrogen) atoms. The summed E-state index contributed by atoms with van der Waals surface area (Å²) < 4.78 is 6.96.